The van der Waals surface area contributed by atoms with Crippen LogP contribution in [0.5, 0.6) is 0 Å². The van der Waals surface area contributed by atoms with Crippen LogP contribution in [0.2, 0.25) is 5.02 Å². The van der Waals surface area contributed by atoms with E-state index < -0.39 is 34.0 Å². The Kier molecular flexibility index (Phi) is 6.79. The highest BCUT2D eigenvalue weighted by molar-refractivity contribution is 7.89. The van der Waals surface area contributed by atoms with E-state index in [1.54, 1.807) is 5.32 Å². The lowest BCUT2D eigenvalue weighted by Gasteiger charge is -2.26. The third-order valence-corrected chi connectivity index (χ3v) is 6.23. The minimum atomic E-state index is -3.77. The molecular weight excluding hydrogens is 398 g/mol. The first kappa shape index (κ1) is 21.1. The number of nitrogens with one attached hydrogen (secondary N) is 1. The molecule has 0 spiro atoms. The number of nitrogens with two attached hydrogens (primary N) is 1. The van der Waals surface area contributed by atoms with Crippen LogP contribution in [-0.2, 0) is 19.6 Å². The number of nitrogens with zero attached hydrogens (tertiary/aromatic N) is 1. The van der Waals surface area contributed by atoms with Gasteiger partial charge in [0.1, 0.15) is 0 Å². The Labute approximate surface area is 161 Å². The Morgan fingerprint density at radius 2 is 1.85 bits per heavy atom. The van der Waals surface area contributed by atoms with E-state index in [-0.39, 0.29) is 15.5 Å². The van der Waals surface area contributed by atoms with Gasteiger partial charge in [0, 0.05) is 13.1 Å². The molecule has 0 aliphatic carbocycles. The van der Waals surface area contributed by atoms with Crippen molar-refractivity contribution in [1.29, 1.82) is 0 Å². The number of hydrogen-bond donors (Lipinski definition) is 2. The number of amides is 3. The highest BCUT2D eigenvalue weighted by Crippen LogP contribution is 2.25. The van der Waals surface area contributed by atoms with Gasteiger partial charge < -0.3 is 10.5 Å². The van der Waals surface area contributed by atoms with Crippen molar-refractivity contribution < 1.29 is 27.5 Å². The number of esters is 1. The normalized spacial score (nSPS) is 16.4. The van der Waals surface area contributed by atoms with Crippen LogP contribution in [0.1, 0.15) is 36.5 Å². The fourth-order valence-corrected chi connectivity index (χ4v) is 4.31. The summed E-state index contributed by atoms with van der Waals surface area (Å²) in [7, 11) is -3.77. The van der Waals surface area contributed by atoms with E-state index in [9.17, 15) is 22.8 Å². The number of carbonyl (C=O) groups is 3. The first-order valence-corrected chi connectivity index (χ1v) is 10.1. The molecule has 0 bridgehead atoms. The Bertz CT molecular complexity index is 852. The van der Waals surface area contributed by atoms with Crippen molar-refractivity contribution in [3.8, 4) is 0 Å². The molecular formula is C16H20ClN3O6S. The summed E-state index contributed by atoms with van der Waals surface area (Å²) < 4.78 is 31.8. The van der Waals surface area contributed by atoms with Gasteiger partial charge in [-0.25, -0.2) is 18.0 Å². The molecule has 1 aliphatic rings. The Morgan fingerprint density at radius 3 is 2.44 bits per heavy atom. The van der Waals surface area contributed by atoms with Gasteiger partial charge in [-0.1, -0.05) is 18.0 Å². The van der Waals surface area contributed by atoms with Crippen molar-refractivity contribution in [3.05, 3.63) is 28.8 Å². The van der Waals surface area contributed by atoms with Crippen LogP contribution in [0.3, 0.4) is 0 Å². The van der Waals surface area contributed by atoms with E-state index >= 15 is 0 Å². The Balaban J connectivity index is 2.22. The fraction of sp³-hybridized carbons (Fsp3) is 0.438. The zero-order chi connectivity index (χ0) is 20.2. The minimum absolute atomic E-state index is 0.0277. The number of sulfonamides is 1. The van der Waals surface area contributed by atoms with Crippen LogP contribution in [-0.4, -0.2) is 49.8 Å². The maximum absolute atomic E-state index is 12.7. The van der Waals surface area contributed by atoms with Crippen LogP contribution < -0.4 is 11.1 Å². The maximum atomic E-state index is 12.7. The summed E-state index contributed by atoms with van der Waals surface area (Å²) in [6.07, 6.45) is 1.18. The fourth-order valence-electron chi connectivity index (χ4n) is 2.58. The molecule has 1 aromatic rings. The van der Waals surface area contributed by atoms with Gasteiger partial charge in [0.15, 0.2) is 6.10 Å². The first-order chi connectivity index (χ1) is 12.6. The first-order valence-electron chi connectivity index (χ1n) is 8.24. The molecule has 0 radical (unpaired) electrons. The number of imide groups is 1. The molecule has 0 saturated carbocycles. The van der Waals surface area contributed by atoms with Gasteiger partial charge >= 0.3 is 12.0 Å². The van der Waals surface area contributed by atoms with E-state index in [1.807, 2.05) is 0 Å². The zero-order valence-corrected chi connectivity index (χ0v) is 16.2. The average Bonchev–Trinajstić information content (AvgIpc) is 2.61. The lowest BCUT2D eigenvalue weighted by atomic mass is 10.2. The van der Waals surface area contributed by atoms with Crippen LogP contribution in [0.25, 0.3) is 0 Å². The van der Waals surface area contributed by atoms with E-state index in [0.29, 0.717) is 13.1 Å². The molecule has 11 heteroatoms. The number of carbonyl (C=O) groups excluding carboxylic acids is 3. The van der Waals surface area contributed by atoms with Crippen LogP contribution in [0.15, 0.2) is 23.1 Å². The number of urea groups is 1. The second-order valence-corrected chi connectivity index (χ2v) is 8.35. The van der Waals surface area contributed by atoms with Crippen molar-refractivity contribution in [2.75, 3.05) is 13.1 Å². The van der Waals surface area contributed by atoms with E-state index in [2.05, 4.69) is 0 Å². The second kappa shape index (κ2) is 8.68. The average molecular weight is 418 g/mol. The number of hydrogen-bond acceptors (Lipinski definition) is 6. The molecule has 1 aliphatic heterocycles. The summed E-state index contributed by atoms with van der Waals surface area (Å²) in [5.74, 6) is -1.91. The molecule has 0 unspecified atom stereocenters. The third kappa shape index (κ3) is 5.18. The number of halogens is 1. The monoisotopic (exact) mass is 417 g/mol. The van der Waals surface area contributed by atoms with Gasteiger partial charge in [0.2, 0.25) is 10.0 Å². The molecule has 148 valence electrons. The molecule has 9 nitrogen and oxygen atoms in total. The molecule has 1 saturated heterocycles. The van der Waals surface area contributed by atoms with Gasteiger partial charge in [-0.2, -0.15) is 4.31 Å². The van der Waals surface area contributed by atoms with Gasteiger partial charge in [-0.15, -0.1) is 0 Å². The summed E-state index contributed by atoms with van der Waals surface area (Å²) in [5, 5.41) is 1.75. The molecule has 2 rings (SSSR count). The second-order valence-electron chi connectivity index (χ2n) is 6.01. The largest absolute Gasteiger partial charge is 0.449 e. The lowest BCUT2D eigenvalue weighted by molar-refractivity contribution is -0.127. The zero-order valence-electron chi connectivity index (χ0n) is 14.6. The summed E-state index contributed by atoms with van der Waals surface area (Å²) in [5.41, 5.74) is 4.63. The topological polar surface area (TPSA) is 136 Å². The Morgan fingerprint density at radius 1 is 1.22 bits per heavy atom. The van der Waals surface area contributed by atoms with Gasteiger partial charge in [-0.3, -0.25) is 10.1 Å². The van der Waals surface area contributed by atoms with Crippen molar-refractivity contribution >= 4 is 39.5 Å². The summed E-state index contributed by atoms with van der Waals surface area (Å²) in [4.78, 5) is 34.5. The van der Waals surface area contributed by atoms with Crippen molar-refractivity contribution in [3.63, 3.8) is 0 Å². The number of piperidine rings is 1. The van der Waals surface area contributed by atoms with Gasteiger partial charge in [0.05, 0.1) is 15.5 Å². The number of primary amides is 1. The van der Waals surface area contributed by atoms with Crippen molar-refractivity contribution in [2.24, 2.45) is 5.73 Å². The van der Waals surface area contributed by atoms with E-state index in [0.717, 1.165) is 25.3 Å². The van der Waals surface area contributed by atoms with E-state index in [1.165, 1.54) is 23.4 Å². The van der Waals surface area contributed by atoms with Crippen LogP contribution in [0.4, 0.5) is 4.79 Å². The molecule has 3 amide bonds. The molecule has 1 fully saturated rings. The summed E-state index contributed by atoms with van der Waals surface area (Å²) >= 11 is 5.99. The smallest absolute Gasteiger partial charge is 0.340 e. The highest BCUT2D eigenvalue weighted by Gasteiger charge is 2.28. The maximum Gasteiger partial charge on any atom is 0.340 e. The predicted molar refractivity (Wildman–Crippen MR) is 96.7 cm³/mol. The molecule has 0 aromatic heterocycles. The number of rotatable bonds is 5. The third-order valence-electron chi connectivity index (χ3n) is 4.01. The number of ether oxygens (including phenoxy) is 1. The molecule has 1 atom stereocenters. The minimum Gasteiger partial charge on any atom is -0.449 e. The predicted octanol–water partition coefficient (Wildman–Crippen LogP) is 1.25. The Hall–Kier alpha value is -2.17. The SMILES string of the molecule is C[C@H](OC(=O)c1cc(S(=O)(=O)N2CCCCC2)ccc1Cl)C(=O)NC(N)=O. The highest BCUT2D eigenvalue weighted by atomic mass is 35.5. The van der Waals surface area contributed by atoms with Crippen LogP contribution >= 0.6 is 11.6 Å². The van der Waals surface area contributed by atoms with Crippen LogP contribution in [0, 0.1) is 0 Å². The van der Waals surface area contributed by atoms with Crippen molar-refractivity contribution in [1.82, 2.24) is 9.62 Å². The van der Waals surface area contributed by atoms with Gasteiger partial charge in [-0.05, 0) is 38.0 Å². The standard InChI is InChI=1S/C16H20ClN3O6S/c1-10(14(21)19-16(18)23)26-15(22)12-9-11(5-6-13(12)17)27(24,25)20-7-3-2-4-8-20/h5-6,9-10H,2-4,7-8H2,1H3,(H3,18,19,21,23)/t10-/m0/s1. The quantitative estimate of drug-likeness (QED) is 0.692. The molecule has 1 heterocycles. The molecule has 27 heavy (non-hydrogen) atoms. The van der Waals surface area contributed by atoms with E-state index in [4.69, 9.17) is 22.1 Å². The molecule has 1 aromatic carbocycles. The van der Waals surface area contributed by atoms with Gasteiger partial charge in [0.25, 0.3) is 5.91 Å². The molecule has 3 N–H and O–H groups in total. The number of benzene rings is 1. The van der Waals surface area contributed by atoms with Crippen molar-refractivity contribution in [2.45, 2.75) is 37.2 Å². The summed E-state index contributed by atoms with van der Waals surface area (Å²) in [6, 6.07) is 2.62. The summed E-state index contributed by atoms with van der Waals surface area (Å²) in [6.45, 7) is 2.06. The lowest BCUT2D eigenvalue weighted by Crippen LogP contribution is -2.42.